The van der Waals surface area contributed by atoms with Crippen LogP contribution in [0.1, 0.15) is 26.2 Å². The lowest BCUT2D eigenvalue weighted by Crippen LogP contribution is -2.15. The first-order valence-corrected chi connectivity index (χ1v) is 4.84. The summed E-state index contributed by atoms with van der Waals surface area (Å²) in [6.07, 6.45) is 5.78. The maximum atomic E-state index is 5.60. The van der Waals surface area contributed by atoms with Gasteiger partial charge in [-0.3, -0.25) is 0 Å². The highest BCUT2D eigenvalue weighted by atomic mass is 16.5. The van der Waals surface area contributed by atoms with Gasteiger partial charge in [-0.15, -0.1) is 0 Å². The van der Waals surface area contributed by atoms with Gasteiger partial charge < -0.3 is 10.5 Å². The molecule has 0 saturated carbocycles. The summed E-state index contributed by atoms with van der Waals surface area (Å²) in [5, 5.41) is 0. The zero-order valence-corrected chi connectivity index (χ0v) is 7.88. The van der Waals surface area contributed by atoms with E-state index in [1.807, 2.05) is 0 Å². The molecule has 1 aliphatic heterocycles. The predicted octanol–water partition coefficient (Wildman–Crippen LogP) is 1.71. The molecule has 12 heavy (non-hydrogen) atoms. The lowest BCUT2D eigenvalue weighted by molar-refractivity contribution is 0.0783. The van der Waals surface area contributed by atoms with Crippen LogP contribution >= 0.6 is 0 Å². The second kappa shape index (κ2) is 5.33. The Morgan fingerprint density at radius 1 is 1.50 bits per heavy atom. The Morgan fingerprint density at radius 2 is 2.17 bits per heavy atom. The molecule has 0 aromatic heterocycles. The lowest BCUT2D eigenvalue weighted by atomic mass is 9.96. The van der Waals surface area contributed by atoms with Crippen LogP contribution in [-0.4, -0.2) is 19.8 Å². The molecule has 1 saturated heterocycles. The van der Waals surface area contributed by atoms with Crippen molar-refractivity contribution in [3.63, 3.8) is 0 Å². The van der Waals surface area contributed by atoms with Gasteiger partial charge in [-0.1, -0.05) is 18.6 Å². The van der Waals surface area contributed by atoms with Gasteiger partial charge in [0.05, 0.1) is 0 Å². The van der Waals surface area contributed by atoms with Gasteiger partial charge in [0.25, 0.3) is 0 Å². The minimum Gasteiger partial charge on any atom is -0.381 e. The summed E-state index contributed by atoms with van der Waals surface area (Å²) in [6.45, 7) is 4.72. The first kappa shape index (κ1) is 9.75. The van der Waals surface area contributed by atoms with Gasteiger partial charge in [0, 0.05) is 19.8 Å². The van der Waals surface area contributed by atoms with E-state index in [9.17, 15) is 0 Å². The third-order valence-electron chi connectivity index (χ3n) is 2.45. The summed E-state index contributed by atoms with van der Waals surface area (Å²) >= 11 is 0. The van der Waals surface area contributed by atoms with Crippen LogP contribution in [-0.2, 0) is 4.74 Å². The molecule has 2 nitrogen and oxygen atoms in total. The smallest absolute Gasteiger partial charge is 0.0471 e. The fourth-order valence-electron chi connectivity index (χ4n) is 1.55. The van der Waals surface area contributed by atoms with Crippen LogP contribution in [0.25, 0.3) is 0 Å². The van der Waals surface area contributed by atoms with E-state index in [-0.39, 0.29) is 0 Å². The van der Waals surface area contributed by atoms with Crippen LogP contribution in [0.3, 0.4) is 0 Å². The van der Waals surface area contributed by atoms with Crippen molar-refractivity contribution >= 4 is 0 Å². The molecule has 0 aliphatic carbocycles. The summed E-state index contributed by atoms with van der Waals surface area (Å²) in [5.74, 6) is 0.720. The van der Waals surface area contributed by atoms with Gasteiger partial charge in [0.15, 0.2) is 0 Å². The van der Waals surface area contributed by atoms with Crippen LogP contribution < -0.4 is 5.73 Å². The van der Waals surface area contributed by atoms with Crippen LogP contribution in [0.15, 0.2) is 11.6 Å². The Morgan fingerprint density at radius 3 is 2.67 bits per heavy atom. The molecule has 0 aromatic rings. The molecule has 1 aliphatic rings. The van der Waals surface area contributed by atoms with Crippen molar-refractivity contribution in [2.24, 2.45) is 11.7 Å². The normalized spacial score (nSPS) is 21.3. The largest absolute Gasteiger partial charge is 0.381 e. The minimum atomic E-state index is 0.716. The van der Waals surface area contributed by atoms with Crippen molar-refractivity contribution in [2.75, 3.05) is 19.8 Å². The molecule has 0 unspecified atom stereocenters. The zero-order chi connectivity index (χ0) is 8.81. The molecular weight excluding hydrogens is 150 g/mol. The summed E-state index contributed by atoms with van der Waals surface area (Å²) in [5.41, 5.74) is 6.99. The monoisotopic (exact) mass is 169 g/mol. The van der Waals surface area contributed by atoms with Crippen molar-refractivity contribution in [2.45, 2.75) is 26.2 Å². The van der Waals surface area contributed by atoms with Crippen molar-refractivity contribution < 1.29 is 4.74 Å². The molecule has 0 spiro atoms. The van der Waals surface area contributed by atoms with Crippen LogP contribution in [0.2, 0.25) is 0 Å². The Labute approximate surface area is 74.8 Å². The highest BCUT2D eigenvalue weighted by Gasteiger charge is 2.11. The average molecular weight is 169 g/mol. The minimum absolute atomic E-state index is 0.716. The van der Waals surface area contributed by atoms with Gasteiger partial charge in [0.1, 0.15) is 0 Å². The summed E-state index contributed by atoms with van der Waals surface area (Å²) in [6, 6.07) is 0. The number of rotatable bonds is 3. The zero-order valence-electron chi connectivity index (χ0n) is 7.88. The second-order valence-corrected chi connectivity index (χ2v) is 3.33. The fourth-order valence-corrected chi connectivity index (χ4v) is 1.55. The van der Waals surface area contributed by atoms with E-state index in [4.69, 9.17) is 10.5 Å². The van der Waals surface area contributed by atoms with Crippen LogP contribution in [0.4, 0.5) is 0 Å². The first-order valence-electron chi connectivity index (χ1n) is 4.84. The molecule has 0 amide bonds. The first-order chi connectivity index (χ1) is 5.86. The molecule has 1 rings (SSSR count). The molecule has 0 radical (unpaired) electrons. The molecule has 1 fully saturated rings. The molecular formula is C10H19NO. The van der Waals surface area contributed by atoms with E-state index in [0.29, 0.717) is 6.54 Å². The topological polar surface area (TPSA) is 35.2 Å². The van der Waals surface area contributed by atoms with Crippen molar-refractivity contribution in [3.05, 3.63) is 11.6 Å². The third-order valence-corrected chi connectivity index (χ3v) is 2.45. The standard InChI is InChI=1S/C10H19NO/c1-2-9(8-11)7-10-3-5-12-6-4-10/h7,10H,2-6,8,11H2,1H3/b9-7+. The molecule has 70 valence electrons. The SMILES string of the molecule is CC/C(=C\C1CCOCC1)CN. The Bertz CT molecular complexity index is 142. The number of hydrogen-bond donors (Lipinski definition) is 1. The highest BCUT2D eigenvalue weighted by Crippen LogP contribution is 2.18. The predicted molar refractivity (Wildman–Crippen MR) is 51.0 cm³/mol. The van der Waals surface area contributed by atoms with E-state index in [2.05, 4.69) is 13.0 Å². The Kier molecular flexibility index (Phi) is 4.33. The van der Waals surface area contributed by atoms with E-state index in [0.717, 1.165) is 25.6 Å². The van der Waals surface area contributed by atoms with Gasteiger partial charge >= 0.3 is 0 Å². The van der Waals surface area contributed by atoms with Crippen molar-refractivity contribution in [1.82, 2.24) is 0 Å². The van der Waals surface area contributed by atoms with Crippen molar-refractivity contribution in [1.29, 1.82) is 0 Å². The van der Waals surface area contributed by atoms with Crippen molar-refractivity contribution in [3.8, 4) is 0 Å². The fraction of sp³-hybridized carbons (Fsp3) is 0.800. The van der Waals surface area contributed by atoms with E-state index in [1.165, 1.54) is 18.4 Å². The van der Waals surface area contributed by atoms with Gasteiger partial charge in [-0.2, -0.15) is 0 Å². The highest BCUT2D eigenvalue weighted by molar-refractivity contribution is 5.05. The van der Waals surface area contributed by atoms with Gasteiger partial charge in [0.2, 0.25) is 0 Å². The maximum absolute atomic E-state index is 5.60. The number of hydrogen-bond acceptors (Lipinski definition) is 2. The second-order valence-electron chi connectivity index (χ2n) is 3.33. The summed E-state index contributed by atoms with van der Waals surface area (Å²) < 4.78 is 5.29. The van der Waals surface area contributed by atoms with Gasteiger partial charge in [-0.05, 0) is 25.2 Å². The van der Waals surface area contributed by atoms with E-state index < -0.39 is 0 Å². The number of allylic oxidation sites excluding steroid dienone is 1. The van der Waals surface area contributed by atoms with Crippen LogP contribution in [0, 0.1) is 5.92 Å². The Balaban J connectivity index is 2.39. The molecule has 0 bridgehead atoms. The number of nitrogens with two attached hydrogens (primary N) is 1. The van der Waals surface area contributed by atoms with Crippen LogP contribution in [0.5, 0.6) is 0 Å². The summed E-state index contributed by atoms with van der Waals surface area (Å²) in [4.78, 5) is 0. The molecule has 2 N–H and O–H groups in total. The lowest BCUT2D eigenvalue weighted by Gasteiger charge is -2.19. The number of ether oxygens (including phenoxy) is 1. The Hall–Kier alpha value is -0.340. The van der Waals surface area contributed by atoms with Gasteiger partial charge in [-0.25, -0.2) is 0 Å². The quantitative estimate of drug-likeness (QED) is 0.653. The van der Waals surface area contributed by atoms with E-state index >= 15 is 0 Å². The average Bonchev–Trinajstić information content (AvgIpc) is 2.16. The molecule has 1 heterocycles. The maximum Gasteiger partial charge on any atom is 0.0471 e. The molecule has 0 aromatic carbocycles. The summed E-state index contributed by atoms with van der Waals surface area (Å²) in [7, 11) is 0. The third kappa shape index (κ3) is 2.95. The molecule has 2 heteroatoms. The molecule has 0 atom stereocenters. The van der Waals surface area contributed by atoms with E-state index in [1.54, 1.807) is 0 Å².